The first-order valence-corrected chi connectivity index (χ1v) is 10.4. The number of nitrogens with two attached hydrogens (primary N) is 1. The summed E-state index contributed by atoms with van der Waals surface area (Å²) in [5, 5.41) is 11.7. The van der Waals surface area contributed by atoms with Gasteiger partial charge in [-0.25, -0.2) is 8.42 Å². The lowest BCUT2D eigenvalue weighted by molar-refractivity contribution is -0.120. The highest BCUT2D eigenvalue weighted by Crippen LogP contribution is 2.26. The summed E-state index contributed by atoms with van der Waals surface area (Å²) >= 11 is 0. The van der Waals surface area contributed by atoms with Crippen molar-refractivity contribution in [2.75, 3.05) is 18.4 Å². The van der Waals surface area contributed by atoms with Gasteiger partial charge in [0, 0.05) is 37.9 Å². The maximum Gasteiger partial charge on any atom is 0.265 e. The van der Waals surface area contributed by atoms with Crippen molar-refractivity contribution in [2.24, 2.45) is 18.7 Å². The van der Waals surface area contributed by atoms with Gasteiger partial charge in [0.05, 0.1) is 11.6 Å². The number of carbonyl (C=O) groups is 2. The van der Waals surface area contributed by atoms with Gasteiger partial charge in [-0.15, -0.1) is 0 Å². The molecule has 3 rings (SSSR count). The lowest BCUT2D eigenvalue weighted by atomic mass is 9.97. The maximum absolute atomic E-state index is 12.8. The molecule has 1 saturated heterocycles. The second-order valence-electron chi connectivity index (χ2n) is 6.90. The fourth-order valence-corrected chi connectivity index (χ4v) is 4.88. The van der Waals surface area contributed by atoms with Gasteiger partial charge in [-0.2, -0.15) is 9.57 Å². The number of aryl methyl sites for hydroxylation is 1. The Morgan fingerprint density at radius 3 is 2.52 bits per heavy atom. The van der Waals surface area contributed by atoms with Gasteiger partial charge in [-0.3, -0.25) is 9.59 Å². The number of rotatable bonds is 5. The molecule has 0 radical (unpaired) electrons. The second-order valence-corrected chi connectivity index (χ2v) is 8.83. The molecule has 0 saturated carbocycles. The molecule has 29 heavy (non-hydrogen) atoms. The Labute approximate surface area is 168 Å². The summed E-state index contributed by atoms with van der Waals surface area (Å²) < 4.78 is 28.4. The maximum atomic E-state index is 12.8. The lowest BCUT2D eigenvalue weighted by Gasteiger charge is -2.30. The molecule has 2 heterocycles. The second kappa shape index (κ2) is 8.06. The number of nitriles is 1. The number of hydrogen-bond donors (Lipinski definition) is 2. The Morgan fingerprint density at radius 2 is 1.93 bits per heavy atom. The largest absolute Gasteiger partial charge is 0.364 e. The Balaban J connectivity index is 1.65. The van der Waals surface area contributed by atoms with Crippen LogP contribution in [-0.4, -0.2) is 42.2 Å². The van der Waals surface area contributed by atoms with Gasteiger partial charge in [0.1, 0.15) is 10.6 Å². The normalized spacial score (nSPS) is 15.6. The van der Waals surface area contributed by atoms with Crippen molar-refractivity contribution in [1.82, 2.24) is 8.87 Å². The van der Waals surface area contributed by atoms with E-state index in [0.29, 0.717) is 24.1 Å². The van der Waals surface area contributed by atoms with E-state index in [1.807, 2.05) is 6.07 Å². The van der Waals surface area contributed by atoms with Gasteiger partial charge >= 0.3 is 0 Å². The van der Waals surface area contributed by atoms with E-state index in [4.69, 9.17) is 11.0 Å². The van der Waals surface area contributed by atoms with Crippen LogP contribution >= 0.6 is 0 Å². The highest BCUT2D eigenvalue weighted by molar-refractivity contribution is 7.89. The van der Waals surface area contributed by atoms with E-state index in [9.17, 15) is 18.0 Å². The smallest absolute Gasteiger partial charge is 0.265 e. The van der Waals surface area contributed by atoms with Crippen molar-refractivity contribution in [2.45, 2.75) is 17.7 Å². The summed E-state index contributed by atoms with van der Waals surface area (Å²) in [4.78, 5) is 23.9. The van der Waals surface area contributed by atoms with Crippen LogP contribution in [0.1, 0.15) is 28.9 Å². The average molecular weight is 415 g/mol. The number of carbonyl (C=O) groups excluding carboxylic acids is 2. The predicted octanol–water partition coefficient (Wildman–Crippen LogP) is 1.04. The Kier molecular flexibility index (Phi) is 5.72. The Bertz CT molecular complexity index is 1090. The summed E-state index contributed by atoms with van der Waals surface area (Å²) in [6, 6.07) is 9.89. The summed E-state index contributed by atoms with van der Waals surface area (Å²) in [7, 11) is -2.22. The molecule has 1 fully saturated rings. The van der Waals surface area contributed by atoms with Crippen LogP contribution in [0, 0.1) is 17.2 Å². The molecule has 1 aromatic heterocycles. The summed E-state index contributed by atoms with van der Waals surface area (Å²) in [5.41, 5.74) is 6.34. The van der Waals surface area contributed by atoms with Crippen molar-refractivity contribution < 1.29 is 18.0 Å². The molecule has 2 aromatic rings. The zero-order valence-electron chi connectivity index (χ0n) is 15.8. The van der Waals surface area contributed by atoms with Crippen molar-refractivity contribution in [3.05, 3.63) is 47.8 Å². The molecule has 1 aliphatic rings. The number of anilines is 1. The van der Waals surface area contributed by atoms with Crippen LogP contribution < -0.4 is 11.1 Å². The topological polar surface area (TPSA) is 138 Å². The number of sulfonamides is 1. The molecule has 0 aliphatic carbocycles. The molecule has 3 N–H and O–H groups in total. The number of primary amides is 1. The third kappa shape index (κ3) is 4.31. The van der Waals surface area contributed by atoms with Crippen LogP contribution in [-0.2, 0) is 21.9 Å². The first-order chi connectivity index (χ1) is 13.7. The summed E-state index contributed by atoms with van der Waals surface area (Å²) in [6.07, 6.45) is 2.10. The number of hydrogen-bond acceptors (Lipinski definition) is 5. The molecular weight excluding hydrogens is 394 g/mol. The molecule has 9 nitrogen and oxygen atoms in total. The fraction of sp³-hybridized carbons (Fsp3) is 0.316. The zero-order valence-corrected chi connectivity index (χ0v) is 16.6. The highest BCUT2D eigenvalue weighted by Gasteiger charge is 2.33. The van der Waals surface area contributed by atoms with E-state index in [2.05, 4.69) is 5.32 Å². The van der Waals surface area contributed by atoms with Gasteiger partial charge < -0.3 is 15.6 Å². The average Bonchev–Trinajstić information content (AvgIpc) is 3.11. The van der Waals surface area contributed by atoms with Gasteiger partial charge in [-0.1, -0.05) is 6.07 Å². The first-order valence-electron chi connectivity index (χ1n) is 8.99. The van der Waals surface area contributed by atoms with Gasteiger partial charge in [0.25, 0.3) is 5.91 Å². The van der Waals surface area contributed by atoms with Crippen LogP contribution in [0.2, 0.25) is 0 Å². The van der Waals surface area contributed by atoms with Crippen LogP contribution in [0.15, 0.2) is 41.4 Å². The molecule has 2 amide bonds. The van der Waals surface area contributed by atoms with Gasteiger partial charge in [-0.05, 0) is 37.1 Å². The molecular formula is C19H21N5O4S. The SMILES string of the molecule is Cn1cc(S(=O)(=O)N2CCC(C(=O)Nc3cccc(C#N)c3)CC2)cc1C(N)=O. The summed E-state index contributed by atoms with van der Waals surface area (Å²) in [5.74, 6) is -1.23. The minimum atomic E-state index is -3.78. The molecule has 0 bridgehead atoms. The minimum Gasteiger partial charge on any atom is -0.364 e. The van der Waals surface area contributed by atoms with Crippen molar-refractivity contribution >= 4 is 27.5 Å². The standard InChI is InChI=1S/C19H21N5O4S/c1-23-12-16(10-17(23)18(21)25)29(27,28)24-7-5-14(6-8-24)19(26)22-15-4-2-3-13(9-15)11-20/h2-4,9-10,12,14H,5-8H2,1H3,(H2,21,25)(H,22,26). The van der Waals surface area contributed by atoms with Crippen LogP contribution in [0.5, 0.6) is 0 Å². The van der Waals surface area contributed by atoms with E-state index in [1.54, 1.807) is 31.3 Å². The third-order valence-corrected chi connectivity index (χ3v) is 6.82. The molecule has 0 spiro atoms. The van der Waals surface area contributed by atoms with Crippen LogP contribution in [0.3, 0.4) is 0 Å². The third-order valence-electron chi connectivity index (χ3n) is 4.95. The fourth-order valence-electron chi connectivity index (χ4n) is 3.34. The molecule has 10 heteroatoms. The van der Waals surface area contributed by atoms with Gasteiger partial charge in [0.2, 0.25) is 15.9 Å². The van der Waals surface area contributed by atoms with Crippen molar-refractivity contribution in [1.29, 1.82) is 5.26 Å². The van der Waals surface area contributed by atoms with E-state index < -0.39 is 15.9 Å². The van der Waals surface area contributed by atoms with Crippen LogP contribution in [0.4, 0.5) is 5.69 Å². The van der Waals surface area contributed by atoms with Crippen LogP contribution in [0.25, 0.3) is 0 Å². The lowest BCUT2D eigenvalue weighted by Crippen LogP contribution is -2.41. The minimum absolute atomic E-state index is 0.00465. The monoisotopic (exact) mass is 415 g/mol. The predicted molar refractivity (Wildman–Crippen MR) is 105 cm³/mol. The van der Waals surface area contributed by atoms with E-state index in [0.717, 1.165) is 0 Å². The zero-order chi connectivity index (χ0) is 21.2. The van der Waals surface area contributed by atoms with E-state index >= 15 is 0 Å². The number of aromatic nitrogens is 1. The molecule has 152 valence electrons. The Hall–Kier alpha value is -3.16. The van der Waals surface area contributed by atoms with Crippen molar-refractivity contribution in [3.63, 3.8) is 0 Å². The highest BCUT2D eigenvalue weighted by atomic mass is 32.2. The molecule has 1 aromatic carbocycles. The quantitative estimate of drug-likeness (QED) is 0.751. The number of nitrogens with zero attached hydrogens (tertiary/aromatic N) is 3. The number of nitrogens with one attached hydrogen (secondary N) is 1. The molecule has 1 aliphatic heterocycles. The number of piperidine rings is 1. The molecule has 0 atom stereocenters. The first kappa shape index (κ1) is 20.6. The van der Waals surface area contributed by atoms with Crippen molar-refractivity contribution in [3.8, 4) is 6.07 Å². The number of benzene rings is 1. The van der Waals surface area contributed by atoms with E-state index in [-0.39, 0.29) is 35.5 Å². The number of amides is 2. The van der Waals surface area contributed by atoms with Gasteiger partial charge in [0.15, 0.2) is 0 Å². The van der Waals surface area contributed by atoms with E-state index in [1.165, 1.54) is 21.1 Å². The molecule has 0 unspecified atom stereocenters. The summed E-state index contributed by atoms with van der Waals surface area (Å²) in [6.45, 7) is 0.388. The Morgan fingerprint density at radius 1 is 1.24 bits per heavy atom.